The molecule has 0 aromatic carbocycles. The van der Waals surface area contributed by atoms with Gasteiger partial charge in [0.2, 0.25) is 5.89 Å². The van der Waals surface area contributed by atoms with Crippen molar-refractivity contribution in [2.45, 2.75) is 0 Å². The maximum Gasteiger partial charge on any atom is 0.237 e. The highest BCUT2D eigenvalue weighted by atomic mass is 32.1. The minimum absolute atomic E-state index is 0.597. The Morgan fingerprint density at radius 1 is 1.27 bits per heavy atom. The molecule has 3 rings (SSSR count). The summed E-state index contributed by atoms with van der Waals surface area (Å²) in [5.41, 5.74) is 7.15. The van der Waals surface area contributed by atoms with Crippen molar-refractivity contribution in [2.24, 2.45) is 0 Å². The maximum absolute atomic E-state index is 5.65. The quantitative estimate of drug-likeness (QED) is 0.680. The van der Waals surface area contributed by atoms with Gasteiger partial charge in [0.05, 0.1) is 16.1 Å². The topological polar surface area (TPSA) is 64.9 Å². The van der Waals surface area contributed by atoms with Gasteiger partial charge in [0.25, 0.3) is 0 Å². The Hall–Kier alpha value is -1.88. The van der Waals surface area contributed by atoms with Crippen LogP contribution in [0.15, 0.2) is 35.0 Å². The molecule has 3 aromatic rings. The van der Waals surface area contributed by atoms with Gasteiger partial charge in [0.1, 0.15) is 5.52 Å². The van der Waals surface area contributed by atoms with Crippen molar-refractivity contribution in [3.63, 3.8) is 0 Å². The lowest BCUT2D eigenvalue weighted by Gasteiger charge is -1.84. The van der Waals surface area contributed by atoms with Gasteiger partial charge in [-0.2, -0.15) is 0 Å². The molecular formula is C10H7N3OS. The van der Waals surface area contributed by atoms with E-state index in [2.05, 4.69) is 9.97 Å². The molecule has 0 spiro atoms. The van der Waals surface area contributed by atoms with E-state index in [0.29, 0.717) is 5.89 Å². The molecule has 0 saturated carbocycles. The van der Waals surface area contributed by atoms with E-state index in [4.69, 9.17) is 10.2 Å². The zero-order chi connectivity index (χ0) is 10.3. The molecule has 0 fully saturated rings. The summed E-state index contributed by atoms with van der Waals surface area (Å²) < 4.78 is 5.57. The summed E-state index contributed by atoms with van der Waals surface area (Å²) in [5, 5.41) is 0.755. The van der Waals surface area contributed by atoms with Gasteiger partial charge in [0, 0.05) is 12.3 Å². The van der Waals surface area contributed by atoms with E-state index in [1.165, 1.54) is 11.3 Å². The van der Waals surface area contributed by atoms with Gasteiger partial charge >= 0.3 is 0 Å². The number of aromatic nitrogens is 2. The van der Waals surface area contributed by atoms with Gasteiger partial charge in [-0.25, -0.2) is 4.98 Å². The molecule has 3 aromatic heterocycles. The normalized spacial score (nSPS) is 10.9. The SMILES string of the molecule is Nc1ccc(-c2nc3cnccc3o2)s1. The van der Waals surface area contributed by atoms with Crippen molar-refractivity contribution in [3.8, 4) is 10.8 Å². The Bertz CT molecular complexity index is 581. The van der Waals surface area contributed by atoms with Crippen LogP contribution in [-0.2, 0) is 0 Å². The average Bonchev–Trinajstić information content (AvgIpc) is 2.82. The van der Waals surface area contributed by atoms with Crippen molar-refractivity contribution in [1.82, 2.24) is 9.97 Å². The number of anilines is 1. The Morgan fingerprint density at radius 3 is 2.93 bits per heavy atom. The predicted octanol–water partition coefficient (Wildman–Crippen LogP) is 2.53. The molecule has 0 aliphatic heterocycles. The number of fused-ring (bicyclic) bond motifs is 1. The third-order valence-electron chi connectivity index (χ3n) is 2.03. The fourth-order valence-corrected chi connectivity index (χ4v) is 2.05. The number of rotatable bonds is 1. The van der Waals surface area contributed by atoms with E-state index in [1.54, 1.807) is 18.5 Å². The zero-order valence-corrected chi connectivity index (χ0v) is 8.49. The molecule has 0 atom stereocenters. The van der Waals surface area contributed by atoms with Crippen LogP contribution in [0.4, 0.5) is 5.00 Å². The number of nitrogens with zero attached hydrogens (tertiary/aromatic N) is 2. The molecule has 15 heavy (non-hydrogen) atoms. The Balaban J connectivity index is 2.19. The second kappa shape index (κ2) is 3.06. The van der Waals surface area contributed by atoms with Gasteiger partial charge in [-0.15, -0.1) is 11.3 Å². The standard InChI is InChI=1S/C10H7N3OS/c11-9-2-1-8(15-9)10-13-6-5-12-4-3-7(6)14-10/h1-5H,11H2. The monoisotopic (exact) mass is 217 g/mol. The predicted molar refractivity (Wildman–Crippen MR) is 59.5 cm³/mol. The van der Waals surface area contributed by atoms with E-state index >= 15 is 0 Å². The third-order valence-corrected chi connectivity index (χ3v) is 2.93. The number of oxazole rings is 1. The van der Waals surface area contributed by atoms with Crippen molar-refractivity contribution >= 4 is 27.4 Å². The zero-order valence-electron chi connectivity index (χ0n) is 7.68. The number of hydrogen-bond donors (Lipinski definition) is 1. The summed E-state index contributed by atoms with van der Waals surface area (Å²) in [6.07, 6.45) is 3.36. The minimum atomic E-state index is 0.597. The Morgan fingerprint density at radius 2 is 2.20 bits per heavy atom. The summed E-state index contributed by atoms with van der Waals surface area (Å²) in [5.74, 6) is 0.597. The molecule has 3 heterocycles. The lowest BCUT2D eigenvalue weighted by atomic mass is 10.4. The fourth-order valence-electron chi connectivity index (χ4n) is 1.35. The summed E-state index contributed by atoms with van der Waals surface area (Å²) in [7, 11) is 0. The van der Waals surface area contributed by atoms with Gasteiger partial charge in [-0.3, -0.25) is 4.98 Å². The molecular weight excluding hydrogens is 210 g/mol. The summed E-state index contributed by atoms with van der Waals surface area (Å²) in [6.45, 7) is 0. The fraction of sp³-hybridized carbons (Fsp3) is 0. The van der Waals surface area contributed by atoms with E-state index in [0.717, 1.165) is 21.0 Å². The number of hydrogen-bond acceptors (Lipinski definition) is 5. The highest BCUT2D eigenvalue weighted by Gasteiger charge is 2.09. The van der Waals surface area contributed by atoms with E-state index in [1.807, 2.05) is 12.1 Å². The number of nitrogens with two attached hydrogens (primary N) is 1. The lowest BCUT2D eigenvalue weighted by Crippen LogP contribution is -1.73. The smallest absolute Gasteiger partial charge is 0.237 e. The summed E-state index contributed by atoms with van der Waals surface area (Å²) in [4.78, 5) is 9.24. The summed E-state index contributed by atoms with van der Waals surface area (Å²) >= 11 is 1.46. The maximum atomic E-state index is 5.65. The number of pyridine rings is 1. The molecule has 0 aliphatic carbocycles. The second-order valence-electron chi connectivity index (χ2n) is 3.06. The van der Waals surface area contributed by atoms with Crippen molar-refractivity contribution in [2.75, 3.05) is 5.73 Å². The van der Waals surface area contributed by atoms with E-state index < -0.39 is 0 Å². The first-order valence-corrected chi connectivity index (χ1v) is 5.21. The molecule has 5 heteroatoms. The first-order chi connectivity index (χ1) is 7.33. The highest BCUT2D eigenvalue weighted by molar-refractivity contribution is 7.19. The van der Waals surface area contributed by atoms with Crippen LogP contribution in [0.1, 0.15) is 0 Å². The van der Waals surface area contributed by atoms with Gasteiger partial charge < -0.3 is 10.2 Å². The molecule has 4 nitrogen and oxygen atoms in total. The Kier molecular flexibility index (Phi) is 1.72. The van der Waals surface area contributed by atoms with Crippen molar-refractivity contribution < 1.29 is 4.42 Å². The average molecular weight is 217 g/mol. The minimum Gasteiger partial charge on any atom is -0.435 e. The summed E-state index contributed by atoms with van der Waals surface area (Å²) in [6, 6.07) is 5.54. The Labute approximate surface area is 89.4 Å². The van der Waals surface area contributed by atoms with Crippen LogP contribution in [-0.4, -0.2) is 9.97 Å². The van der Waals surface area contributed by atoms with Crippen LogP contribution in [0.5, 0.6) is 0 Å². The van der Waals surface area contributed by atoms with Crippen LogP contribution < -0.4 is 5.73 Å². The largest absolute Gasteiger partial charge is 0.435 e. The van der Waals surface area contributed by atoms with Crippen LogP contribution in [0.2, 0.25) is 0 Å². The van der Waals surface area contributed by atoms with Crippen LogP contribution >= 0.6 is 11.3 Å². The van der Waals surface area contributed by atoms with Crippen LogP contribution in [0.25, 0.3) is 21.9 Å². The van der Waals surface area contributed by atoms with Crippen molar-refractivity contribution in [1.29, 1.82) is 0 Å². The molecule has 2 N–H and O–H groups in total. The van der Waals surface area contributed by atoms with Gasteiger partial charge in [-0.05, 0) is 12.1 Å². The van der Waals surface area contributed by atoms with Crippen LogP contribution in [0.3, 0.4) is 0 Å². The van der Waals surface area contributed by atoms with Gasteiger partial charge in [0.15, 0.2) is 5.58 Å². The van der Waals surface area contributed by atoms with Crippen molar-refractivity contribution in [3.05, 3.63) is 30.6 Å². The molecule has 0 amide bonds. The van der Waals surface area contributed by atoms with E-state index in [-0.39, 0.29) is 0 Å². The number of nitrogen functional groups attached to an aromatic ring is 1. The first-order valence-electron chi connectivity index (χ1n) is 4.39. The van der Waals surface area contributed by atoms with E-state index in [9.17, 15) is 0 Å². The molecule has 74 valence electrons. The molecule has 0 radical (unpaired) electrons. The molecule has 0 saturated heterocycles. The molecule has 0 bridgehead atoms. The first kappa shape index (κ1) is 8.43. The number of thiophene rings is 1. The molecule has 0 aliphatic rings. The van der Waals surface area contributed by atoms with Gasteiger partial charge in [-0.1, -0.05) is 0 Å². The second-order valence-corrected chi connectivity index (χ2v) is 4.18. The third kappa shape index (κ3) is 1.37. The molecule has 0 unspecified atom stereocenters. The lowest BCUT2D eigenvalue weighted by molar-refractivity contribution is 0.621. The highest BCUT2D eigenvalue weighted by Crippen LogP contribution is 2.30. The van der Waals surface area contributed by atoms with Crippen LogP contribution in [0, 0.1) is 0 Å².